The number of sulfonamides is 1. The van der Waals surface area contributed by atoms with Crippen molar-refractivity contribution >= 4 is 39.0 Å². The van der Waals surface area contributed by atoms with E-state index in [1.165, 1.54) is 24.3 Å². The van der Waals surface area contributed by atoms with E-state index in [1.54, 1.807) is 47.5 Å². The summed E-state index contributed by atoms with van der Waals surface area (Å²) in [6.07, 6.45) is 1.64. The molecule has 0 bridgehead atoms. The van der Waals surface area contributed by atoms with Crippen LogP contribution in [-0.2, 0) is 10.0 Å². The Bertz CT molecular complexity index is 1310. The molecule has 0 spiro atoms. The van der Waals surface area contributed by atoms with E-state index in [1.807, 2.05) is 4.90 Å². The zero-order valence-electron chi connectivity index (χ0n) is 17.5. The van der Waals surface area contributed by atoms with Gasteiger partial charge in [0.1, 0.15) is 11.9 Å². The number of nitriles is 1. The second-order valence-electron chi connectivity index (χ2n) is 7.37. The maximum Gasteiger partial charge on any atom is 0.261 e. The number of pyridine rings is 1. The number of nitrogens with one attached hydrogen (secondary N) is 1. The minimum atomic E-state index is -3.90. The molecular formula is C23H20ClN5O3S. The third kappa shape index (κ3) is 4.92. The molecule has 0 radical (unpaired) electrons. The van der Waals surface area contributed by atoms with E-state index in [0.29, 0.717) is 42.6 Å². The predicted octanol–water partition coefficient (Wildman–Crippen LogP) is 3.37. The van der Waals surface area contributed by atoms with Crippen LogP contribution in [0, 0.1) is 11.3 Å². The maximum atomic E-state index is 13.2. The fourth-order valence-corrected chi connectivity index (χ4v) is 4.81. The van der Waals surface area contributed by atoms with Gasteiger partial charge in [0.05, 0.1) is 21.7 Å². The molecule has 1 fully saturated rings. The maximum absolute atomic E-state index is 13.2. The normalized spacial score (nSPS) is 13.9. The van der Waals surface area contributed by atoms with Crippen LogP contribution in [0.2, 0.25) is 5.02 Å². The molecule has 8 nitrogen and oxygen atoms in total. The number of hydrogen-bond acceptors (Lipinski definition) is 6. The van der Waals surface area contributed by atoms with Gasteiger partial charge >= 0.3 is 0 Å². The highest BCUT2D eigenvalue weighted by Crippen LogP contribution is 2.24. The van der Waals surface area contributed by atoms with Crippen LogP contribution in [0.5, 0.6) is 0 Å². The minimum absolute atomic E-state index is 0.0476. The number of aromatic nitrogens is 1. The first kappa shape index (κ1) is 22.6. The van der Waals surface area contributed by atoms with Gasteiger partial charge < -0.3 is 9.80 Å². The van der Waals surface area contributed by atoms with Crippen molar-refractivity contribution in [3.05, 3.63) is 83.0 Å². The van der Waals surface area contributed by atoms with Crippen molar-refractivity contribution in [1.82, 2.24) is 9.88 Å². The summed E-state index contributed by atoms with van der Waals surface area (Å²) >= 11 is 5.85. The average Bonchev–Trinajstić information content (AvgIpc) is 2.84. The van der Waals surface area contributed by atoms with E-state index >= 15 is 0 Å². The van der Waals surface area contributed by atoms with Gasteiger partial charge in [-0.2, -0.15) is 5.26 Å². The molecule has 0 aliphatic carbocycles. The summed E-state index contributed by atoms with van der Waals surface area (Å²) in [5.74, 6) is 0.328. The van der Waals surface area contributed by atoms with Crippen LogP contribution in [0.15, 0.2) is 71.8 Å². The topological polar surface area (TPSA) is 106 Å². The smallest absolute Gasteiger partial charge is 0.261 e. The minimum Gasteiger partial charge on any atom is -0.352 e. The van der Waals surface area contributed by atoms with Crippen molar-refractivity contribution < 1.29 is 13.2 Å². The van der Waals surface area contributed by atoms with Crippen molar-refractivity contribution in [3.8, 4) is 6.07 Å². The van der Waals surface area contributed by atoms with Crippen molar-refractivity contribution in [1.29, 1.82) is 5.26 Å². The van der Waals surface area contributed by atoms with E-state index in [9.17, 15) is 18.5 Å². The van der Waals surface area contributed by atoms with E-state index in [4.69, 9.17) is 11.6 Å². The number of piperazine rings is 1. The summed E-state index contributed by atoms with van der Waals surface area (Å²) in [7, 11) is -3.90. The largest absolute Gasteiger partial charge is 0.352 e. The molecule has 2 aromatic carbocycles. The van der Waals surface area contributed by atoms with Crippen LogP contribution in [0.1, 0.15) is 15.9 Å². The second-order valence-corrected chi connectivity index (χ2v) is 9.49. The summed E-state index contributed by atoms with van der Waals surface area (Å²) in [4.78, 5) is 21.2. The monoisotopic (exact) mass is 481 g/mol. The van der Waals surface area contributed by atoms with Gasteiger partial charge in [0.2, 0.25) is 0 Å². The highest BCUT2D eigenvalue weighted by atomic mass is 35.5. The number of anilines is 2. The third-order valence-electron chi connectivity index (χ3n) is 5.30. The predicted molar refractivity (Wildman–Crippen MR) is 126 cm³/mol. The second kappa shape index (κ2) is 9.48. The van der Waals surface area contributed by atoms with Crippen LogP contribution in [-0.4, -0.2) is 50.4 Å². The van der Waals surface area contributed by atoms with Gasteiger partial charge in [0.25, 0.3) is 15.9 Å². The lowest BCUT2D eigenvalue weighted by atomic mass is 10.1. The number of carbonyl (C=O) groups excluding carboxylic acids is 1. The van der Waals surface area contributed by atoms with Gasteiger partial charge in [-0.15, -0.1) is 0 Å². The molecule has 1 saturated heterocycles. The highest BCUT2D eigenvalue weighted by Gasteiger charge is 2.26. The summed E-state index contributed by atoms with van der Waals surface area (Å²) < 4.78 is 28.1. The molecule has 33 heavy (non-hydrogen) atoms. The molecule has 0 unspecified atom stereocenters. The first-order valence-corrected chi connectivity index (χ1v) is 12.0. The van der Waals surface area contributed by atoms with Gasteiger partial charge in [0, 0.05) is 37.4 Å². The first-order chi connectivity index (χ1) is 15.9. The zero-order valence-corrected chi connectivity index (χ0v) is 19.1. The fourth-order valence-electron chi connectivity index (χ4n) is 3.60. The highest BCUT2D eigenvalue weighted by molar-refractivity contribution is 7.92. The Labute approximate surface area is 197 Å². The number of nitrogens with zero attached hydrogens (tertiary/aromatic N) is 4. The van der Waals surface area contributed by atoms with Gasteiger partial charge in [0.15, 0.2) is 0 Å². The number of halogens is 1. The SMILES string of the molecule is N#Cc1cccnc1N1CCN(C(=O)c2ccccc2NS(=O)(=O)c2ccc(Cl)cc2)CC1. The van der Waals surface area contributed by atoms with Gasteiger partial charge in [-0.05, 0) is 48.5 Å². The number of benzene rings is 2. The summed E-state index contributed by atoms with van der Waals surface area (Å²) in [6, 6.07) is 17.9. The fraction of sp³-hybridized carbons (Fsp3) is 0.174. The number of para-hydroxylation sites is 1. The van der Waals surface area contributed by atoms with Gasteiger partial charge in [-0.25, -0.2) is 13.4 Å². The number of hydrogen-bond donors (Lipinski definition) is 1. The Morgan fingerprint density at radius 1 is 1.00 bits per heavy atom. The molecule has 0 atom stereocenters. The third-order valence-corrected chi connectivity index (χ3v) is 6.93. The molecule has 0 saturated carbocycles. The van der Waals surface area contributed by atoms with Crippen molar-refractivity contribution in [2.45, 2.75) is 4.90 Å². The lowest BCUT2D eigenvalue weighted by Crippen LogP contribution is -2.49. The van der Waals surface area contributed by atoms with Gasteiger partial charge in [-0.1, -0.05) is 23.7 Å². The van der Waals surface area contributed by atoms with E-state index < -0.39 is 10.0 Å². The molecule has 168 valence electrons. The molecule has 1 N–H and O–H groups in total. The van der Waals surface area contributed by atoms with Crippen molar-refractivity contribution in [2.75, 3.05) is 35.8 Å². The lowest BCUT2D eigenvalue weighted by Gasteiger charge is -2.36. The molecule has 2 heterocycles. The quantitative estimate of drug-likeness (QED) is 0.598. The Morgan fingerprint density at radius 2 is 1.70 bits per heavy atom. The van der Waals surface area contributed by atoms with Crippen LogP contribution in [0.4, 0.5) is 11.5 Å². The Hall–Kier alpha value is -3.61. The molecular weight excluding hydrogens is 462 g/mol. The number of rotatable bonds is 5. The van der Waals surface area contributed by atoms with Crippen LogP contribution in [0.3, 0.4) is 0 Å². The number of carbonyl (C=O) groups is 1. The Kier molecular flexibility index (Phi) is 6.49. The van der Waals surface area contributed by atoms with Crippen LogP contribution >= 0.6 is 11.6 Å². The van der Waals surface area contributed by atoms with E-state index in [-0.39, 0.29) is 22.1 Å². The molecule has 4 rings (SSSR count). The van der Waals surface area contributed by atoms with Crippen molar-refractivity contribution in [3.63, 3.8) is 0 Å². The lowest BCUT2D eigenvalue weighted by molar-refractivity contribution is 0.0747. The van der Waals surface area contributed by atoms with E-state index in [0.717, 1.165) is 0 Å². The number of amides is 1. The van der Waals surface area contributed by atoms with E-state index in [2.05, 4.69) is 15.8 Å². The Morgan fingerprint density at radius 3 is 2.39 bits per heavy atom. The molecule has 1 amide bonds. The average molecular weight is 482 g/mol. The summed E-state index contributed by atoms with van der Waals surface area (Å²) in [6.45, 7) is 1.85. The molecule has 10 heteroatoms. The molecule has 3 aromatic rings. The molecule has 1 aliphatic rings. The first-order valence-electron chi connectivity index (χ1n) is 10.2. The van der Waals surface area contributed by atoms with Gasteiger partial charge in [-0.3, -0.25) is 9.52 Å². The molecule has 1 aromatic heterocycles. The van der Waals surface area contributed by atoms with Crippen LogP contribution in [0.25, 0.3) is 0 Å². The summed E-state index contributed by atoms with van der Waals surface area (Å²) in [5, 5.41) is 9.74. The Balaban J connectivity index is 1.50. The van der Waals surface area contributed by atoms with Crippen molar-refractivity contribution in [2.24, 2.45) is 0 Å². The summed E-state index contributed by atoms with van der Waals surface area (Å²) in [5.41, 5.74) is 0.953. The molecule has 1 aliphatic heterocycles. The van der Waals surface area contributed by atoms with Crippen LogP contribution < -0.4 is 9.62 Å². The zero-order chi connectivity index (χ0) is 23.4. The standard InChI is InChI=1S/C23H20ClN5O3S/c24-18-7-9-19(10-8-18)33(31,32)27-21-6-2-1-5-20(21)23(30)29-14-12-28(13-15-29)22-17(16-25)4-3-11-26-22/h1-11,27H,12-15H2.